The molecular weight excluding hydrogens is 176 g/mol. The molecule has 0 aromatic carbocycles. The van der Waals surface area contributed by atoms with Crippen molar-refractivity contribution in [2.75, 3.05) is 0 Å². The highest BCUT2D eigenvalue weighted by molar-refractivity contribution is 5.10. The van der Waals surface area contributed by atoms with Crippen LogP contribution in [0.3, 0.4) is 0 Å². The zero-order chi connectivity index (χ0) is 10.3. The van der Waals surface area contributed by atoms with Gasteiger partial charge in [-0.05, 0) is 18.8 Å². The topological polar surface area (TPSA) is 37.8 Å². The first-order chi connectivity index (χ1) is 6.47. The molecule has 0 saturated heterocycles. The predicted molar refractivity (Wildman–Crippen MR) is 56.5 cm³/mol. The molecule has 3 nitrogen and oxygen atoms in total. The summed E-state index contributed by atoms with van der Waals surface area (Å²) in [6, 6.07) is 1.72. The Labute approximate surface area is 84.1 Å². The maximum Gasteiger partial charge on any atom is 0.266 e. The van der Waals surface area contributed by atoms with E-state index in [0.717, 1.165) is 18.2 Å². The Morgan fingerprint density at radius 2 is 2.14 bits per heavy atom. The predicted octanol–water partition coefficient (Wildman–Crippen LogP) is 1.88. The van der Waals surface area contributed by atoms with E-state index < -0.39 is 0 Å². The van der Waals surface area contributed by atoms with Gasteiger partial charge in [0.15, 0.2) is 0 Å². The Morgan fingerprint density at radius 3 is 2.57 bits per heavy atom. The van der Waals surface area contributed by atoms with Crippen molar-refractivity contribution in [3.8, 4) is 0 Å². The number of nitrogens with one attached hydrogen (secondary N) is 1. The summed E-state index contributed by atoms with van der Waals surface area (Å²) >= 11 is 0. The number of aromatic amines is 1. The van der Waals surface area contributed by atoms with Gasteiger partial charge in [-0.25, -0.2) is 0 Å². The van der Waals surface area contributed by atoms with Crippen molar-refractivity contribution in [1.82, 2.24) is 9.78 Å². The zero-order valence-corrected chi connectivity index (χ0v) is 9.13. The molecule has 1 heterocycles. The van der Waals surface area contributed by atoms with Crippen molar-refractivity contribution in [3.63, 3.8) is 0 Å². The maximum absolute atomic E-state index is 11.6. The second kappa shape index (κ2) is 3.01. The first-order valence-corrected chi connectivity index (χ1v) is 5.27. The normalized spacial score (nSPS) is 17.4. The zero-order valence-electron chi connectivity index (χ0n) is 9.13. The average molecular weight is 194 g/mol. The lowest BCUT2D eigenvalue weighted by atomic mass is 9.93. The monoisotopic (exact) mass is 194 g/mol. The van der Waals surface area contributed by atoms with Gasteiger partial charge in [0.1, 0.15) is 0 Å². The van der Waals surface area contributed by atoms with E-state index in [2.05, 4.69) is 25.9 Å². The van der Waals surface area contributed by atoms with Gasteiger partial charge in [0, 0.05) is 23.7 Å². The van der Waals surface area contributed by atoms with Crippen LogP contribution >= 0.6 is 0 Å². The number of hydrogen-bond acceptors (Lipinski definition) is 1. The number of aromatic nitrogens is 2. The SMILES string of the molecule is CC(C)(C)c1cc(=O)n(CC2CC2)[nH]1. The third kappa shape index (κ3) is 1.91. The number of H-pyrrole nitrogens is 1. The van der Waals surface area contributed by atoms with Gasteiger partial charge >= 0.3 is 0 Å². The Balaban J connectivity index is 2.24. The van der Waals surface area contributed by atoms with Gasteiger partial charge in [-0.15, -0.1) is 0 Å². The van der Waals surface area contributed by atoms with Gasteiger partial charge in [-0.2, -0.15) is 0 Å². The van der Waals surface area contributed by atoms with Crippen LogP contribution in [0.25, 0.3) is 0 Å². The minimum Gasteiger partial charge on any atom is -0.299 e. The fourth-order valence-electron chi connectivity index (χ4n) is 1.51. The summed E-state index contributed by atoms with van der Waals surface area (Å²) in [5.41, 5.74) is 1.18. The van der Waals surface area contributed by atoms with E-state index in [-0.39, 0.29) is 11.0 Å². The highest BCUT2D eigenvalue weighted by atomic mass is 16.1. The molecule has 0 aliphatic heterocycles. The van der Waals surface area contributed by atoms with E-state index in [4.69, 9.17) is 0 Å². The molecule has 0 bridgehead atoms. The molecule has 0 amide bonds. The standard InChI is InChI=1S/C11H18N2O/c1-11(2,3)9-6-10(14)13(12-9)7-8-4-5-8/h6,8,12H,4-5,7H2,1-3H3. The van der Waals surface area contributed by atoms with Crippen molar-refractivity contribution in [2.45, 2.75) is 45.6 Å². The second-order valence-corrected chi connectivity index (χ2v) is 5.31. The second-order valence-electron chi connectivity index (χ2n) is 5.31. The minimum absolute atomic E-state index is 0.0357. The van der Waals surface area contributed by atoms with Crippen LogP contribution in [0.2, 0.25) is 0 Å². The largest absolute Gasteiger partial charge is 0.299 e. The average Bonchev–Trinajstić information content (AvgIpc) is 2.76. The van der Waals surface area contributed by atoms with E-state index in [1.165, 1.54) is 12.8 Å². The fraction of sp³-hybridized carbons (Fsp3) is 0.727. The van der Waals surface area contributed by atoms with E-state index in [1.54, 1.807) is 10.7 Å². The highest BCUT2D eigenvalue weighted by Gasteiger charge is 2.24. The van der Waals surface area contributed by atoms with Crippen molar-refractivity contribution < 1.29 is 0 Å². The van der Waals surface area contributed by atoms with Crippen LogP contribution in [0.1, 0.15) is 39.3 Å². The lowest BCUT2D eigenvalue weighted by Crippen LogP contribution is -2.17. The summed E-state index contributed by atoms with van der Waals surface area (Å²) in [6.45, 7) is 7.20. The summed E-state index contributed by atoms with van der Waals surface area (Å²) in [5, 5.41) is 3.20. The van der Waals surface area contributed by atoms with Gasteiger partial charge in [-0.1, -0.05) is 20.8 Å². The molecule has 0 radical (unpaired) electrons. The third-order valence-electron chi connectivity index (χ3n) is 2.73. The van der Waals surface area contributed by atoms with E-state index in [1.807, 2.05) is 0 Å². The van der Waals surface area contributed by atoms with Gasteiger partial charge < -0.3 is 0 Å². The van der Waals surface area contributed by atoms with Crippen molar-refractivity contribution in [1.29, 1.82) is 0 Å². The molecule has 0 atom stereocenters. The molecule has 1 aromatic rings. The van der Waals surface area contributed by atoms with Gasteiger partial charge in [0.2, 0.25) is 0 Å². The van der Waals surface area contributed by atoms with Crippen LogP contribution < -0.4 is 5.56 Å². The van der Waals surface area contributed by atoms with Crippen LogP contribution in [0.5, 0.6) is 0 Å². The summed E-state index contributed by atoms with van der Waals surface area (Å²) in [7, 11) is 0. The lowest BCUT2D eigenvalue weighted by molar-refractivity contribution is 0.507. The van der Waals surface area contributed by atoms with Gasteiger partial charge in [0.25, 0.3) is 5.56 Å². The smallest absolute Gasteiger partial charge is 0.266 e. The van der Waals surface area contributed by atoms with Crippen LogP contribution in [0, 0.1) is 5.92 Å². The number of rotatable bonds is 2. The van der Waals surface area contributed by atoms with Crippen LogP contribution in [0.15, 0.2) is 10.9 Å². The molecule has 3 heteroatoms. The van der Waals surface area contributed by atoms with Gasteiger partial charge in [-0.3, -0.25) is 14.6 Å². The molecule has 1 aliphatic carbocycles. The molecule has 0 unspecified atom stereocenters. The number of nitrogens with zero attached hydrogens (tertiary/aromatic N) is 1. The summed E-state index contributed by atoms with van der Waals surface area (Å²) in [5.74, 6) is 0.735. The molecule has 2 rings (SSSR count). The van der Waals surface area contributed by atoms with Crippen molar-refractivity contribution >= 4 is 0 Å². The van der Waals surface area contributed by atoms with Crippen LogP contribution in [-0.2, 0) is 12.0 Å². The molecular formula is C11H18N2O. The molecule has 1 aliphatic rings. The molecule has 0 spiro atoms. The molecule has 1 N–H and O–H groups in total. The van der Waals surface area contributed by atoms with Crippen LogP contribution in [0.4, 0.5) is 0 Å². The molecule has 78 valence electrons. The molecule has 1 saturated carbocycles. The molecule has 1 aromatic heterocycles. The first-order valence-electron chi connectivity index (χ1n) is 5.27. The Hall–Kier alpha value is -0.990. The van der Waals surface area contributed by atoms with E-state index >= 15 is 0 Å². The van der Waals surface area contributed by atoms with E-state index in [9.17, 15) is 4.79 Å². The van der Waals surface area contributed by atoms with Crippen LogP contribution in [-0.4, -0.2) is 9.78 Å². The molecule has 14 heavy (non-hydrogen) atoms. The summed E-state index contributed by atoms with van der Waals surface area (Å²) in [4.78, 5) is 11.6. The Kier molecular flexibility index (Phi) is 2.05. The molecule has 1 fully saturated rings. The fourth-order valence-corrected chi connectivity index (χ4v) is 1.51. The van der Waals surface area contributed by atoms with Crippen molar-refractivity contribution in [2.24, 2.45) is 5.92 Å². The Bertz CT molecular complexity index is 377. The third-order valence-corrected chi connectivity index (χ3v) is 2.73. The number of hydrogen-bond donors (Lipinski definition) is 1. The lowest BCUT2D eigenvalue weighted by Gasteiger charge is -2.15. The quantitative estimate of drug-likeness (QED) is 0.767. The van der Waals surface area contributed by atoms with E-state index in [0.29, 0.717) is 0 Å². The Morgan fingerprint density at radius 1 is 1.50 bits per heavy atom. The minimum atomic E-state index is 0.0357. The van der Waals surface area contributed by atoms with Crippen molar-refractivity contribution in [3.05, 3.63) is 22.1 Å². The summed E-state index contributed by atoms with van der Waals surface area (Å²) in [6.07, 6.45) is 2.55. The summed E-state index contributed by atoms with van der Waals surface area (Å²) < 4.78 is 1.75. The van der Waals surface area contributed by atoms with Gasteiger partial charge in [0.05, 0.1) is 0 Å². The maximum atomic E-state index is 11.6. The highest BCUT2D eigenvalue weighted by Crippen LogP contribution is 2.30. The first kappa shape index (κ1) is 9.56.